The Hall–Kier alpha value is -0.910. The summed E-state index contributed by atoms with van der Waals surface area (Å²) in [6.07, 6.45) is 1.08. The summed E-state index contributed by atoms with van der Waals surface area (Å²) in [5.74, 6) is -0.993. The van der Waals surface area contributed by atoms with Crippen molar-refractivity contribution in [2.45, 2.75) is 18.4 Å². The zero-order valence-corrected chi connectivity index (χ0v) is 10.7. The van der Waals surface area contributed by atoms with E-state index in [4.69, 9.17) is 9.84 Å². The summed E-state index contributed by atoms with van der Waals surface area (Å²) < 4.78 is 6.33. The van der Waals surface area contributed by atoms with Crippen LogP contribution in [-0.2, 0) is 21.6 Å². The van der Waals surface area contributed by atoms with Crippen molar-refractivity contribution >= 4 is 21.9 Å². The molecule has 1 aromatic rings. The molecule has 1 unspecified atom stereocenters. The van der Waals surface area contributed by atoms with Crippen molar-refractivity contribution in [2.24, 2.45) is 0 Å². The molecule has 1 aliphatic rings. The van der Waals surface area contributed by atoms with E-state index in [0.29, 0.717) is 18.4 Å². The number of aliphatic hydroxyl groups is 1. The van der Waals surface area contributed by atoms with Crippen LogP contribution >= 0.6 is 15.9 Å². The molecule has 1 aliphatic carbocycles. The molecule has 2 N–H and O–H groups in total. The lowest BCUT2D eigenvalue weighted by Gasteiger charge is -2.25. The van der Waals surface area contributed by atoms with Gasteiger partial charge in [0.05, 0.1) is 13.2 Å². The van der Waals surface area contributed by atoms with Gasteiger partial charge < -0.3 is 14.9 Å². The quantitative estimate of drug-likeness (QED) is 0.888. The number of carbonyl (C=O) groups is 1. The molecule has 0 saturated heterocycles. The molecular weight excluding hydrogens is 288 g/mol. The molecule has 2 rings (SSSR count). The zero-order valence-electron chi connectivity index (χ0n) is 9.15. The summed E-state index contributed by atoms with van der Waals surface area (Å²) in [6.45, 7) is -0.150. The second-order valence-electron chi connectivity index (χ2n) is 4.01. The standard InChI is InChI=1S/C12H13BrO4/c13-9-1-2-10-8(7-9)3-4-12(10,11(15)16)17-6-5-14/h1-2,7,14H,3-6H2,(H,15,16). The fourth-order valence-corrected chi connectivity index (χ4v) is 2.67. The van der Waals surface area contributed by atoms with Crippen molar-refractivity contribution in [2.75, 3.05) is 13.2 Å². The van der Waals surface area contributed by atoms with Crippen LogP contribution in [0.1, 0.15) is 17.5 Å². The van der Waals surface area contributed by atoms with E-state index >= 15 is 0 Å². The molecule has 5 heteroatoms. The van der Waals surface area contributed by atoms with E-state index in [2.05, 4.69) is 15.9 Å². The normalized spacial score (nSPS) is 22.5. The molecule has 0 aliphatic heterocycles. The average Bonchev–Trinajstić information content (AvgIpc) is 2.65. The lowest BCUT2D eigenvalue weighted by Crippen LogP contribution is -2.37. The predicted octanol–water partition coefficient (Wildman–Crippen LogP) is 1.68. The molecule has 0 spiro atoms. The van der Waals surface area contributed by atoms with Gasteiger partial charge in [-0.1, -0.05) is 22.0 Å². The van der Waals surface area contributed by atoms with Gasteiger partial charge in [0.15, 0.2) is 5.60 Å². The molecule has 1 atom stereocenters. The van der Waals surface area contributed by atoms with Crippen LogP contribution in [0.25, 0.3) is 0 Å². The Morgan fingerprint density at radius 2 is 2.29 bits per heavy atom. The van der Waals surface area contributed by atoms with E-state index in [1.807, 2.05) is 12.1 Å². The highest BCUT2D eigenvalue weighted by atomic mass is 79.9. The maximum atomic E-state index is 11.5. The molecular formula is C12H13BrO4. The second kappa shape index (κ2) is 4.76. The Kier molecular flexibility index (Phi) is 3.51. The summed E-state index contributed by atoms with van der Waals surface area (Å²) in [4.78, 5) is 11.5. The minimum Gasteiger partial charge on any atom is -0.479 e. The highest BCUT2D eigenvalue weighted by molar-refractivity contribution is 9.10. The van der Waals surface area contributed by atoms with Gasteiger partial charge in [-0.2, -0.15) is 0 Å². The minimum atomic E-state index is -1.29. The molecule has 0 saturated carbocycles. The van der Waals surface area contributed by atoms with E-state index in [1.54, 1.807) is 6.07 Å². The summed E-state index contributed by atoms with van der Waals surface area (Å²) >= 11 is 3.36. The number of hydrogen-bond acceptors (Lipinski definition) is 3. The second-order valence-corrected chi connectivity index (χ2v) is 4.92. The SMILES string of the molecule is O=C(O)C1(OCCO)CCc2cc(Br)ccc21. The van der Waals surface area contributed by atoms with Gasteiger partial charge in [-0.05, 0) is 36.1 Å². The third-order valence-electron chi connectivity index (χ3n) is 3.03. The summed E-state index contributed by atoms with van der Waals surface area (Å²) in [6, 6.07) is 5.50. The molecule has 0 amide bonds. The highest BCUT2D eigenvalue weighted by Crippen LogP contribution is 2.41. The predicted molar refractivity (Wildman–Crippen MR) is 64.8 cm³/mol. The Morgan fingerprint density at radius 1 is 1.53 bits per heavy atom. The number of aliphatic carboxylic acids is 1. The molecule has 0 heterocycles. The number of carboxylic acids is 1. The van der Waals surface area contributed by atoms with Crippen molar-refractivity contribution in [1.82, 2.24) is 0 Å². The summed E-state index contributed by atoms with van der Waals surface area (Å²) in [5, 5.41) is 18.2. The van der Waals surface area contributed by atoms with Crippen LogP contribution in [-0.4, -0.2) is 29.4 Å². The van der Waals surface area contributed by atoms with Gasteiger partial charge in [0.25, 0.3) is 0 Å². The van der Waals surface area contributed by atoms with Crippen molar-refractivity contribution in [3.8, 4) is 0 Å². The van der Waals surface area contributed by atoms with E-state index in [1.165, 1.54) is 0 Å². The van der Waals surface area contributed by atoms with E-state index in [0.717, 1.165) is 10.0 Å². The molecule has 4 nitrogen and oxygen atoms in total. The number of halogens is 1. The molecule has 0 fully saturated rings. The maximum Gasteiger partial charge on any atom is 0.340 e. The Labute approximate surface area is 107 Å². The maximum absolute atomic E-state index is 11.5. The van der Waals surface area contributed by atoms with Crippen molar-refractivity contribution in [3.63, 3.8) is 0 Å². The number of ether oxygens (including phenoxy) is 1. The van der Waals surface area contributed by atoms with E-state index in [-0.39, 0.29) is 13.2 Å². The van der Waals surface area contributed by atoms with Crippen LogP contribution in [0.3, 0.4) is 0 Å². The summed E-state index contributed by atoms with van der Waals surface area (Å²) in [5.41, 5.74) is 0.389. The monoisotopic (exact) mass is 300 g/mol. The van der Waals surface area contributed by atoms with Crippen LogP contribution in [0.4, 0.5) is 0 Å². The number of hydrogen-bond donors (Lipinski definition) is 2. The van der Waals surface area contributed by atoms with Crippen LogP contribution in [0.2, 0.25) is 0 Å². The largest absolute Gasteiger partial charge is 0.479 e. The van der Waals surface area contributed by atoms with Gasteiger partial charge in [-0.25, -0.2) is 4.79 Å². The summed E-state index contributed by atoms with van der Waals surface area (Å²) in [7, 11) is 0. The first-order chi connectivity index (χ1) is 8.10. The third kappa shape index (κ3) is 2.10. The van der Waals surface area contributed by atoms with Gasteiger partial charge >= 0.3 is 5.97 Å². The van der Waals surface area contributed by atoms with Gasteiger partial charge in [-0.15, -0.1) is 0 Å². The van der Waals surface area contributed by atoms with Crippen LogP contribution in [0.15, 0.2) is 22.7 Å². The Balaban J connectivity index is 2.42. The topological polar surface area (TPSA) is 66.8 Å². The van der Waals surface area contributed by atoms with Gasteiger partial charge in [0.2, 0.25) is 0 Å². The van der Waals surface area contributed by atoms with Gasteiger partial charge in [0.1, 0.15) is 0 Å². The first-order valence-corrected chi connectivity index (χ1v) is 6.16. The zero-order chi connectivity index (χ0) is 12.5. The number of benzene rings is 1. The minimum absolute atomic E-state index is 0.0296. The molecule has 0 radical (unpaired) electrons. The first-order valence-electron chi connectivity index (χ1n) is 5.37. The highest BCUT2D eigenvalue weighted by Gasteiger charge is 2.46. The van der Waals surface area contributed by atoms with E-state index in [9.17, 15) is 9.90 Å². The molecule has 17 heavy (non-hydrogen) atoms. The lowest BCUT2D eigenvalue weighted by atomic mass is 9.96. The molecule has 1 aromatic carbocycles. The van der Waals surface area contributed by atoms with Crippen molar-refractivity contribution in [3.05, 3.63) is 33.8 Å². The first kappa shape index (κ1) is 12.5. The van der Waals surface area contributed by atoms with Crippen molar-refractivity contribution in [1.29, 1.82) is 0 Å². The molecule has 92 valence electrons. The smallest absolute Gasteiger partial charge is 0.340 e. The fraction of sp³-hybridized carbons (Fsp3) is 0.417. The third-order valence-corrected chi connectivity index (χ3v) is 3.53. The van der Waals surface area contributed by atoms with Crippen LogP contribution in [0.5, 0.6) is 0 Å². The van der Waals surface area contributed by atoms with Crippen LogP contribution in [0, 0.1) is 0 Å². The van der Waals surface area contributed by atoms with Gasteiger partial charge in [0, 0.05) is 4.47 Å². The lowest BCUT2D eigenvalue weighted by molar-refractivity contribution is -0.169. The number of carboxylic acid groups (broad SMARTS) is 1. The van der Waals surface area contributed by atoms with Crippen molar-refractivity contribution < 1.29 is 19.7 Å². The van der Waals surface area contributed by atoms with Crippen LogP contribution < -0.4 is 0 Å². The van der Waals surface area contributed by atoms with Gasteiger partial charge in [-0.3, -0.25) is 0 Å². The molecule has 0 bridgehead atoms. The average molecular weight is 301 g/mol. The number of fused-ring (bicyclic) bond motifs is 1. The number of rotatable bonds is 4. The van der Waals surface area contributed by atoms with E-state index < -0.39 is 11.6 Å². The molecule has 0 aromatic heterocycles. The Bertz CT molecular complexity index is 446. The Morgan fingerprint density at radius 3 is 2.94 bits per heavy atom. The number of aliphatic hydroxyl groups excluding tert-OH is 1. The number of aryl methyl sites for hydroxylation is 1. The fourth-order valence-electron chi connectivity index (χ4n) is 2.26.